The molecule has 0 unspecified atom stereocenters. The van der Waals surface area contributed by atoms with E-state index in [1.54, 1.807) is 19.2 Å². The fraction of sp³-hybridized carbons (Fsp3) is 0.273. The molecular weight excluding hydrogens is 206 g/mol. The molecule has 1 heterocycles. The highest BCUT2D eigenvalue weighted by Gasteiger charge is 2.23. The lowest BCUT2D eigenvalue weighted by atomic mass is 9.98. The number of nitrogen functional groups attached to an aromatic ring is 1. The molecule has 0 fully saturated rings. The molecule has 0 saturated carbocycles. The first-order chi connectivity index (χ1) is 7.50. The molecule has 0 radical (unpaired) electrons. The smallest absolute Gasteiger partial charge is 0.250 e. The Morgan fingerprint density at radius 2 is 2.06 bits per heavy atom. The number of fused-ring (bicyclic) bond motifs is 1. The van der Waals surface area contributed by atoms with Crippen molar-refractivity contribution in [2.45, 2.75) is 12.8 Å². The largest absolute Gasteiger partial charge is 0.398 e. The van der Waals surface area contributed by atoms with Gasteiger partial charge in [0.05, 0.1) is 5.56 Å². The predicted molar refractivity (Wildman–Crippen MR) is 61.1 cm³/mol. The van der Waals surface area contributed by atoms with E-state index in [-0.39, 0.29) is 11.5 Å². The van der Waals surface area contributed by atoms with Gasteiger partial charge in [-0.2, -0.15) is 0 Å². The molecule has 16 heavy (non-hydrogen) atoms. The normalized spacial score (nSPS) is 14.8. The first-order valence-electron chi connectivity index (χ1n) is 4.99. The fourth-order valence-electron chi connectivity index (χ4n) is 1.92. The van der Waals surface area contributed by atoms with Crippen LogP contribution in [0.1, 0.15) is 22.3 Å². The minimum absolute atomic E-state index is 0.0349. The van der Waals surface area contributed by atoms with Crippen LogP contribution in [0.2, 0.25) is 0 Å². The molecule has 4 N–H and O–H groups in total. The van der Waals surface area contributed by atoms with Crippen LogP contribution in [-0.4, -0.2) is 18.9 Å². The summed E-state index contributed by atoms with van der Waals surface area (Å²) in [6, 6.07) is 3.31. The highest BCUT2D eigenvalue weighted by Crippen LogP contribution is 2.30. The number of primary amides is 1. The zero-order chi connectivity index (χ0) is 11.9. The molecule has 1 aromatic carbocycles. The van der Waals surface area contributed by atoms with Crippen molar-refractivity contribution in [2.75, 3.05) is 17.7 Å². The van der Waals surface area contributed by atoms with Crippen LogP contribution in [0.15, 0.2) is 12.1 Å². The van der Waals surface area contributed by atoms with Gasteiger partial charge in [0, 0.05) is 24.8 Å². The van der Waals surface area contributed by atoms with Crippen molar-refractivity contribution in [3.05, 3.63) is 23.3 Å². The van der Waals surface area contributed by atoms with Crippen LogP contribution in [0.4, 0.5) is 11.4 Å². The van der Waals surface area contributed by atoms with Gasteiger partial charge in [0.25, 0.3) is 5.91 Å². The number of anilines is 2. The molecule has 0 bridgehead atoms. The molecule has 0 aromatic heterocycles. The third-order valence-electron chi connectivity index (χ3n) is 2.86. The van der Waals surface area contributed by atoms with Gasteiger partial charge in [0.2, 0.25) is 5.91 Å². The number of carbonyl (C=O) groups excluding carboxylic acids is 2. The van der Waals surface area contributed by atoms with Crippen LogP contribution in [0.3, 0.4) is 0 Å². The second-order valence-corrected chi connectivity index (χ2v) is 3.89. The van der Waals surface area contributed by atoms with E-state index >= 15 is 0 Å². The maximum Gasteiger partial charge on any atom is 0.250 e. The van der Waals surface area contributed by atoms with Crippen LogP contribution in [0.25, 0.3) is 0 Å². The number of aryl methyl sites for hydroxylation is 1. The minimum atomic E-state index is -0.577. The summed E-state index contributed by atoms with van der Waals surface area (Å²) in [7, 11) is 1.68. The Morgan fingerprint density at radius 3 is 2.69 bits per heavy atom. The summed E-state index contributed by atoms with van der Waals surface area (Å²) in [5.41, 5.74) is 13.3. The Kier molecular flexibility index (Phi) is 2.30. The summed E-state index contributed by atoms with van der Waals surface area (Å²) in [6.07, 6.45) is 1.13. The number of nitrogens with zero attached hydrogens (tertiary/aromatic N) is 1. The molecule has 0 aliphatic carbocycles. The lowest BCUT2D eigenvalue weighted by Gasteiger charge is -2.26. The summed E-state index contributed by atoms with van der Waals surface area (Å²) >= 11 is 0. The van der Waals surface area contributed by atoms with Crippen molar-refractivity contribution in [2.24, 2.45) is 5.73 Å². The Balaban J connectivity index is 2.58. The standard InChI is InChI=1S/C11H13N3O2/c1-14-9-5-7(11(13)16)8(12)4-6(9)2-3-10(14)15/h4-5H,2-3,12H2,1H3,(H2,13,16). The molecule has 0 spiro atoms. The van der Waals surface area contributed by atoms with E-state index < -0.39 is 5.91 Å². The van der Waals surface area contributed by atoms with Gasteiger partial charge in [0.15, 0.2) is 0 Å². The molecular formula is C11H13N3O2. The number of hydrogen-bond donors (Lipinski definition) is 2. The van der Waals surface area contributed by atoms with Crippen LogP contribution in [0, 0.1) is 0 Å². The number of carbonyl (C=O) groups is 2. The van der Waals surface area contributed by atoms with E-state index in [4.69, 9.17) is 11.5 Å². The maximum atomic E-state index is 11.5. The van der Waals surface area contributed by atoms with Gasteiger partial charge in [-0.1, -0.05) is 0 Å². The molecule has 84 valence electrons. The van der Waals surface area contributed by atoms with Gasteiger partial charge < -0.3 is 16.4 Å². The molecule has 0 saturated heterocycles. The SMILES string of the molecule is CN1C(=O)CCc2cc(N)c(C(N)=O)cc21. The van der Waals surface area contributed by atoms with E-state index in [0.717, 1.165) is 11.3 Å². The van der Waals surface area contributed by atoms with Crippen molar-refractivity contribution in [1.29, 1.82) is 0 Å². The van der Waals surface area contributed by atoms with Crippen molar-refractivity contribution >= 4 is 23.2 Å². The van der Waals surface area contributed by atoms with E-state index in [0.29, 0.717) is 18.5 Å². The summed E-state index contributed by atoms with van der Waals surface area (Å²) in [5, 5.41) is 0. The third-order valence-corrected chi connectivity index (χ3v) is 2.86. The number of nitrogens with two attached hydrogens (primary N) is 2. The summed E-state index contributed by atoms with van der Waals surface area (Å²) in [6.45, 7) is 0. The number of hydrogen-bond acceptors (Lipinski definition) is 3. The monoisotopic (exact) mass is 219 g/mol. The first kappa shape index (κ1) is 10.5. The van der Waals surface area contributed by atoms with E-state index in [1.165, 1.54) is 4.90 Å². The van der Waals surface area contributed by atoms with Crippen molar-refractivity contribution in [3.8, 4) is 0 Å². The molecule has 1 aliphatic heterocycles. The highest BCUT2D eigenvalue weighted by atomic mass is 16.2. The Labute approximate surface area is 93.0 Å². The van der Waals surface area contributed by atoms with Crippen molar-refractivity contribution in [1.82, 2.24) is 0 Å². The molecule has 5 nitrogen and oxygen atoms in total. The van der Waals surface area contributed by atoms with Gasteiger partial charge in [-0.25, -0.2) is 0 Å². The van der Waals surface area contributed by atoms with Gasteiger partial charge in [-0.15, -0.1) is 0 Å². The molecule has 0 atom stereocenters. The average molecular weight is 219 g/mol. The topological polar surface area (TPSA) is 89.4 Å². The van der Waals surface area contributed by atoms with E-state index in [2.05, 4.69) is 0 Å². The zero-order valence-corrected chi connectivity index (χ0v) is 8.99. The van der Waals surface area contributed by atoms with E-state index in [9.17, 15) is 9.59 Å². The minimum Gasteiger partial charge on any atom is -0.398 e. The van der Waals surface area contributed by atoms with Crippen LogP contribution in [0.5, 0.6) is 0 Å². The van der Waals surface area contributed by atoms with Crippen LogP contribution >= 0.6 is 0 Å². The summed E-state index contributed by atoms with van der Waals surface area (Å²) < 4.78 is 0. The van der Waals surface area contributed by atoms with Crippen molar-refractivity contribution in [3.63, 3.8) is 0 Å². The first-order valence-corrected chi connectivity index (χ1v) is 4.99. The van der Waals surface area contributed by atoms with Crippen LogP contribution < -0.4 is 16.4 Å². The predicted octanol–water partition coefficient (Wildman–Crippen LogP) is 0.277. The highest BCUT2D eigenvalue weighted by molar-refractivity contribution is 6.02. The Hall–Kier alpha value is -2.04. The summed E-state index contributed by atoms with van der Waals surface area (Å²) in [5.74, 6) is -0.542. The second-order valence-electron chi connectivity index (χ2n) is 3.89. The lowest BCUT2D eigenvalue weighted by molar-refractivity contribution is -0.118. The van der Waals surface area contributed by atoms with Gasteiger partial charge >= 0.3 is 0 Å². The second kappa shape index (κ2) is 3.52. The molecule has 2 amide bonds. The summed E-state index contributed by atoms with van der Waals surface area (Å²) in [4.78, 5) is 24.2. The number of amides is 2. The quantitative estimate of drug-likeness (QED) is 0.664. The van der Waals surface area contributed by atoms with Crippen LogP contribution in [-0.2, 0) is 11.2 Å². The Bertz CT molecular complexity index is 482. The Morgan fingerprint density at radius 1 is 1.38 bits per heavy atom. The zero-order valence-electron chi connectivity index (χ0n) is 8.99. The van der Waals surface area contributed by atoms with E-state index in [1.807, 2.05) is 0 Å². The number of benzene rings is 1. The van der Waals surface area contributed by atoms with Gasteiger partial charge in [-0.05, 0) is 24.1 Å². The average Bonchev–Trinajstić information content (AvgIpc) is 2.23. The van der Waals surface area contributed by atoms with Crippen molar-refractivity contribution < 1.29 is 9.59 Å². The molecule has 1 aromatic rings. The third kappa shape index (κ3) is 1.50. The van der Waals surface area contributed by atoms with Gasteiger partial charge in [0.1, 0.15) is 0 Å². The fourth-order valence-corrected chi connectivity index (χ4v) is 1.92. The number of rotatable bonds is 1. The lowest BCUT2D eigenvalue weighted by Crippen LogP contribution is -2.31. The van der Waals surface area contributed by atoms with Gasteiger partial charge in [-0.3, -0.25) is 9.59 Å². The maximum absolute atomic E-state index is 11.5. The molecule has 2 rings (SSSR count). The molecule has 5 heteroatoms. The molecule has 1 aliphatic rings.